The van der Waals surface area contributed by atoms with Gasteiger partial charge in [0.15, 0.2) is 11.2 Å². The summed E-state index contributed by atoms with van der Waals surface area (Å²) in [6.45, 7) is 4.21. The fourth-order valence-electron chi connectivity index (χ4n) is 2.76. The van der Waals surface area contributed by atoms with Crippen molar-refractivity contribution in [1.29, 1.82) is 0 Å². The lowest BCUT2D eigenvalue weighted by atomic mass is 9.93. The molecule has 5 heteroatoms. The smallest absolute Gasteiger partial charge is 0.267 e. The van der Waals surface area contributed by atoms with Crippen LogP contribution in [0.3, 0.4) is 0 Å². The summed E-state index contributed by atoms with van der Waals surface area (Å²) in [5.74, 6) is 1.29. The standard InChI is InChI=1S/C18H22N2O2S/c1-3-15(22-13-7-5-4-6-8-13)17(21)20-18-19-14-10-9-12(2)11-16(14)23-18/h4-8,12,15H,3,9-11H2,1-2H3,(H,19,20,21)/t12-,15+/m0/s1. The van der Waals surface area contributed by atoms with Crippen LogP contribution in [0, 0.1) is 5.92 Å². The van der Waals surface area contributed by atoms with Crippen molar-refractivity contribution in [2.24, 2.45) is 5.92 Å². The van der Waals surface area contributed by atoms with Crippen molar-refractivity contribution in [2.45, 2.75) is 45.6 Å². The predicted octanol–water partition coefficient (Wildman–Crippen LogP) is 4.06. The third kappa shape index (κ3) is 3.91. The van der Waals surface area contributed by atoms with E-state index in [0.717, 1.165) is 18.5 Å². The van der Waals surface area contributed by atoms with Crippen molar-refractivity contribution in [1.82, 2.24) is 4.98 Å². The molecule has 1 aliphatic carbocycles. The van der Waals surface area contributed by atoms with Crippen LogP contribution in [0.1, 0.15) is 37.3 Å². The van der Waals surface area contributed by atoms with Crippen LogP contribution in [0.25, 0.3) is 0 Å². The van der Waals surface area contributed by atoms with Gasteiger partial charge in [-0.1, -0.05) is 32.0 Å². The van der Waals surface area contributed by atoms with Crippen LogP contribution in [-0.2, 0) is 17.6 Å². The molecule has 1 N–H and O–H groups in total. The molecule has 0 unspecified atom stereocenters. The molecule has 122 valence electrons. The van der Waals surface area contributed by atoms with E-state index in [4.69, 9.17) is 4.74 Å². The van der Waals surface area contributed by atoms with Crippen LogP contribution in [0.5, 0.6) is 5.75 Å². The number of fused-ring (bicyclic) bond motifs is 1. The summed E-state index contributed by atoms with van der Waals surface area (Å²) < 4.78 is 5.78. The first kappa shape index (κ1) is 16.0. The van der Waals surface area contributed by atoms with Crippen LogP contribution >= 0.6 is 11.3 Å². The molecule has 1 aliphatic rings. The highest BCUT2D eigenvalue weighted by molar-refractivity contribution is 7.15. The number of anilines is 1. The van der Waals surface area contributed by atoms with E-state index < -0.39 is 6.10 Å². The number of carbonyl (C=O) groups excluding carboxylic acids is 1. The Labute approximate surface area is 140 Å². The maximum Gasteiger partial charge on any atom is 0.267 e. The average molecular weight is 330 g/mol. The van der Waals surface area contributed by atoms with Crippen molar-refractivity contribution in [3.63, 3.8) is 0 Å². The number of carbonyl (C=O) groups is 1. The Morgan fingerprint density at radius 2 is 2.22 bits per heavy atom. The summed E-state index contributed by atoms with van der Waals surface area (Å²) in [5.41, 5.74) is 1.15. The number of hydrogen-bond donors (Lipinski definition) is 1. The van der Waals surface area contributed by atoms with Crippen molar-refractivity contribution in [2.75, 3.05) is 5.32 Å². The molecule has 1 amide bonds. The molecule has 23 heavy (non-hydrogen) atoms. The van der Waals surface area contributed by atoms with Crippen LogP contribution in [-0.4, -0.2) is 17.0 Å². The first-order valence-electron chi connectivity index (χ1n) is 8.17. The molecule has 0 fully saturated rings. The molecule has 4 nitrogen and oxygen atoms in total. The molecule has 0 spiro atoms. The molecule has 0 bridgehead atoms. The second-order valence-corrected chi connectivity index (χ2v) is 7.14. The van der Waals surface area contributed by atoms with Crippen LogP contribution < -0.4 is 10.1 Å². The molecule has 0 aliphatic heterocycles. The molecule has 0 radical (unpaired) electrons. The van der Waals surface area contributed by atoms with Gasteiger partial charge in [-0.05, 0) is 43.7 Å². The van der Waals surface area contributed by atoms with Crippen LogP contribution in [0.15, 0.2) is 30.3 Å². The largest absolute Gasteiger partial charge is 0.481 e. The molecule has 2 aromatic rings. The predicted molar refractivity (Wildman–Crippen MR) is 93.1 cm³/mol. The van der Waals surface area contributed by atoms with Crippen molar-refractivity contribution >= 4 is 22.4 Å². The second kappa shape index (κ2) is 7.13. The maximum absolute atomic E-state index is 12.5. The number of thiazole rings is 1. The van der Waals surface area contributed by atoms with E-state index in [1.807, 2.05) is 37.3 Å². The van der Waals surface area contributed by atoms with Crippen molar-refractivity contribution in [3.8, 4) is 5.75 Å². The van der Waals surface area contributed by atoms with Gasteiger partial charge in [0.05, 0.1) is 5.69 Å². The van der Waals surface area contributed by atoms with Crippen LogP contribution in [0.2, 0.25) is 0 Å². The Bertz CT molecular complexity index is 669. The lowest BCUT2D eigenvalue weighted by Gasteiger charge is -2.16. The molecule has 3 rings (SSSR count). The number of amides is 1. The van der Waals surface area contributed by atoms with Crippen molar-refractivity contribution in [3.05, 3.63) is 40.9 Å². The number of benzene rings is 1. The highest BCUT2D eigenvalue weighted by Gasteiger charge is 2.23. The first-order valence-corrected chi connectivity index (χ1v) is 8.98. The zero-order valence-corrected chi connectivity index (χ0v) is 14.4. The lowest BCUT2D eigenvalue weighted by Crippen LogP contribution is -2.32. The van der Waals surface area contributed by atoms with Gasteiger partial charge in [-0.2, -0.15) is 0 Å². The van der Waals surface area contributed by atoms with Gasteiger partial charge in [-0.15, -0.1) is 11.3 Å². The Balaban J connectivity index is 1.65. The van der Waals surface area contributed by atoms with Gasteiger partial charge >= 0.3 is 0 Å². The number of rotatable bonds is 5. The number of nitrogens with zero attached hydrogens (tertiary/aromatic N) is 1. The summed E-state index contributed by atoms with van der Waals surface area (Å²) >= 11 is 1.60. The zero-order chi connectivity index (χ0) is 16.2. The maximum atomic E-state index is 12.5. The quantitative estimate of drug-likeness (QED) is 0.899. The minimum absolute atomic E-state index is 0.129. The van der Waals surface area contributed by atoms with E-state index in [2.05, 4.69) is 17.2 Å². The molecule has 0 saturated heterocycles. The zero-order valence-electron chi connectivity index (χ0n) is 13.5. The third-order valence-corrected chi connectivity index (χ3v) is 5.14. The number of para-hydroxylation sites is 1. The van der Waals surface area contributed by atoms with Gasteiger partial charge < -0.3 is 4.74 Å². The van der Waals surface area contributed by atoms with E-state index >= 15 is 0 Å². The minimum atomic E-state index is -0.503. The average Bonchev–Trinajstić information content (AvgIpc) is 2.94. The van der Waals surface area contributed by atoms with Gasteiger partial charge in [-0.3, -0.25) is 10.1 Å². The normalized spacial score (nSPS) is 18.1. The summed E-state index contributed by atoms with van der Waals surface area (Å²) in [4.78, 5) is 18.4. The number of ether oxygens (including phenoxy) is 1. The topological polar surface area (TPSA) is 51.2 Å². The highest BCUT2D eigenvalue weighted by Crippen LogP contribution is 2.32. The fraction of sp³-hybridized carbons (Fsp3) is 0.444. The minimum Gasteiger partial charge on any atom is -0.481 e. The second-order valence-electron chi connectivity index (χ2n) is 6.05. The molecule has 1 heterocycles. The Hall–Kier alpha value is -1.88. The highest BCUT2D eigenvalue weighted by atomic mass is 32.1. The number of hydrogen-bond acceptors (Lipinski definition) is 4. The Morgan fingerprint density at radius 3 is 2.96 bits per heavy atom. The molecular formula is C18H22N2O2S. The van der Waals surface area contributed by atoms with E-state index in [0.29, 0.717) is 23.2 Å². The van der Waals surface area contributed by atoms with Gasteiger partial charge in [0, 0.05) is 4.88 Å². The molecule has 1 aromatic carbocycles. The summed E-state index contributed by atoms with van der Waals surface area (Å²) in [7, 11) is 0. The molecule has 1 aromatic heterocycles. The van der Waals surface area contributed by atoms with E-state index in [-0.39, 0.29) is 5.91 Å². The first-order chi connectivity index (χ1) is 11.2. The SMILES string of the molecule is CC[C@@H](Oc1ccccc1)C(=O)Nc1nc2c(s1)C[C@@H](C)CC2. The number of nitrogens with one attached hydrogen (secondary N) is 1. The molecule has 2 atom stereocenters. The molecule has 0 saturated carbocycles. The Morgan fingerprint density at radius 1 is 1.43 bits per heavy atom. The van der Waals surface area contributed by atoms with Gasteiger partial charge in [-0.25, -0.2) is 4.98 Å². The number of aromatic nitrogens is 1. The van der Waals surface area contributed by atoms with E-state index in [9.17, 15) is 4.79 Å². The fourth-order valence-corrected chi connectivity index (χ4v) is 3.94. The monoisotopic (exact) mass is 330 g/mol. The van der Waals surface area contributed by atoms with Crippen LogP contribution in [0.4, 0.5) is 5.13 Å². The van der Waals surface area contributed by atoms with E-state index in [1.54, 1.807) is 11.3 Å². The molecular weight excluding hydrogens is 308 g/mol. The van der Waals surface area contributed by atoms with Gasteiger partial charge in [0.1, 0.15) is 5.75 Å². The van der Waals surface area contributed by atoms with E-state index in [1.165, 1.54) is 11.3 Å². The van der Waals surface area contributed by atoms with Crippen molar-refractivity contribution < 1.29 is 9.53 Å². The van der Waals surface area contributed by atoms with Gasteiger partial charge in [0.25, 0.3) is 5.91 Å². The summed E-state index contributed by atoms with van der Waals surface area (Å²) in [5, 5.41) is 3.63. The number of aryl methyl sites for hydroxylation is 1. The Kier molecular flexibility index (Phi) is 4.96. The third-order valence-electron chi connectivity index (χ3n) is 4.10. The van der Waals surface area contributed by atoms with Gasteiger partial charge in [0.2, 0.25) is 0 Å². The lowest BCUT2D eigenvalue weighted by molar-refractivity contribution is -0.122. The summed E-state index contributed by atoms with van der Waals surface area (Å²) in [6.07, 6.45) is 3.38. The summed E-state index contributed by atoms with van der Waals surface area (Å²) in [6, 6.07) is 9.44.